The Labute approximate surface area is 143 Å². The number of rotatable bonds is 5. The zero-order valence-electron chi connectivity index (χ0n) is 13.4. The van der Waals surface area contributed by atoms with E-state index in [1.807, 2.05) is 42.2 Å². The minimum absolute atomic E-state index is 0.202. The van der Waals surface area contributed by atoms with Gasteiger partial charge >= 0.3 is 0 Å². The second-order valence-corrected chi connectivity index (χ2v) is 5.19. The summed E-state index contributed by atoms with van der Waals surface area (Å²) in [6.07, 6.45) is 1.32. The molecule has 25 heavy (non-hydrogen) atoms. The summed E-state index contributed by atoms with van der Waals surface area (Å²) in [7, 11) is 0. The van der Waals surface area contributed by atoms with E-state index in [1.165, 1.54) is 6.33 Å². The molecule has 0 amide bonds. The highest BCUT2D eigenvalue weighted by Gasteiger charge is 2.15. The first-order valence-electron chi connectivity index (χ1n) is 7.65. The van der Waals surface area contributed by atoms with Crippen LogP contribution in [0.4, 0.5) is 36.2 Å². The highest BCUT2D eigenvalue weighted by Crippen LogP contribution is 2.27. The number of benzene rings is 2. The molecule has 0 aliphatic heterocycles. The molecule has 0 bridgehead atoms. The molecule has 0 unspecified atom stereocenters. The maximum absolute atomic E-state index is 13.8. The van der Waals surface area contributed by atoms with Crippen LogP contribution in [0.3, 0.4) is 0 Å². The normalized spacial score (nSPS) is 10.6. The van der Waals surface area contributed by atoms with Crippen molar-refractivity contribution in [3.05, 3.63) is 72.3 Å². The summed E-state index contributed by atoms with van der Waals surface area (Å²) in [4.78, 5) is 10.2. The van der Waals surface area contributed by atoms with Crippen molar-refractivity contribution in [2.75, 3.05) is 16.8 Å². The highest BCUT2D eigenvalue weighted by molar-refractivity contribution is 5.65. The summed E-state index contributed by atoms with van der Waals surface area (Å²) >= 11 is 0. The Morgan fingerprint density at radius 1 is 0.960 bits per heavy atom. The van der Waals surface area contributed by atoms with Crippen molar-refractivity contribution in [3.63, 3.8) is 0 Å². The van der Waals surface area contributed by atoms with Crippen LogP contribution in [-0.2, 0) is 0 Å². The van der Waals surface area contributed by atoms with E-state index in [0.29, 0.717) is 12.4 Å². The molecule has 0 radical (unpaired) electrons. The van der Waals surface area contributed by atoms with Gasteiger partial charge in [0.15, 0.2) is 17.5 Å². The van der Waals surface area contributed by atoms with Gasteiger partial charge in [0.1, 0.15) is 18.0 Å². The summed E-state index contributed by atoms with van der Waals surface area (Å²) < 4.78 is 40.2. The third-order valence-electron chi connectivity index (χ3n) is 3.61. The van der Waals surface area contributed by atoms with Crippen molar-refractivity contribution in [2.24, 2.45) is 0 Å². The molecule has 3 aromatic rings. The predicted molar refractivity (Wildman–Crippen MR) is 90.8 cm³/mol. The molecule has 2 aromatic carbocycles. The van der Waals surface area contributed by atoms with Crippen LogP contribution in [0.5, 0.6) is 0 Å². The van der Waals surface area contributed by atoms with Crippen LogP contribution in [0.1, 0.15) is 6.92 Å². The van der Waals surface area contributed by atoms with Crippen molar-refractivity contribution in [1.29, 1.82) is 0 Å². The van der Waals surface area contributed by atoms with Crippen molar-refractivity contribution in [1.82, 2.24) is 9.97 Å². The standard InChI is InChI=1S/C18H15F3N4/c1-2-25(12-6-4-3-5-7-12)16-10-15(22-11-23-16)24-14-9-8-13(19)17(20)18(14)21/h3-11H,2H2,1H3,(H,22,23,24). The van der Waals surface area contributed by atoms with Gasteiger partial charge in [0.2, 0.25) is 0 Å². The number of halogens is 3. The smallest absolute Gasteiger partial charge is 0.196 e. The van der Waals surface area contributed by atoms with Gasteiger partial charge in [-0.15, -0.1) is 0 Å². The van der Waals surface area contributed by atoms with Gasteiger partial charge in [0.05, 0.1) is 5.69 Å². The molecule has 0 atom stereocenters. The van der Waals surface area contributed by atoms with Gasteiger partial charge in [-0.3, -0.25) is 0 Å². The summed E-state index contributed by atoms with van der Waals surface area (Å²) in [5.74, 6) is -3.21. The molecular formula is C18H15F3N4. The first kappa shape index (κ1) is 16.8. The van der Waals surface area contributed by atoms with Crippen LogP contribution in [0, 0.1) is 17.5 Å². The van der Waals surface area contributed by atoms with E-state index in [-0.39, 0.29) is 11.5 Å². The SMILES string of the molecule is CCN(c1ccccc1)c1cc(Nc2ccc(F)c(F)c2F)ncn1. The quantitative estimate of drug-likeness (QED) is 0.675. The average Bonchev–Trinajstić information content (AvgIpc) is 2.64. The molecule has 0 spiro atoms. The van der Waals surface area contributed by atoms with E-state index < -0.39 is 17.5 Å². The van der Waals surface area contributed by atoms with Crippen LogP contribution >= 0.6 is 0 Å². The lowest BCUT2D eigenvalue weighted by Gasteiger charge is -2.22. The van der Waals surface area contributed by atoms with Gasteiger partial charge in [-0.2, -0.15) is 0 Å². The number of nitrogens with one attached hydrogen (secondary N) is 1. The Bertz CT molecular complexity index is 871. The zero-order valence-corrected chi connectivity index (χ0v) is 13.4. The molecule has 7 heteroatoms. The number of nitrogens with zero attached hydrogens (tertiary/aromatic N) is 3. The third-order valence-corrected chi connectivity index (χ3v) is 3.61. The van der Waals surface area contributed by atoms with Crippen molar-refractivity contribution in [2.45, 2.75) is 6.92 Å². The second-order valence-electron chi connectivity index (χ2n) is 5.19. The monoisotopic (exact) mass is 344 g/mol. The Morgan fingerprint density at radius 3 is 2.44 bits per heavy atom. The number of anilines is 4. The fourth-order valence-corrected chi connectivity index (χ4v) is 2.41. The molecule has 0 saturated carbocycles. The minimum Gasteiger partial charge on any atom is -0.338 e. The molecule has 4 nitrogen and oxygen atoms in total. The lowest BCUT2D eigenvalue weighted by molar-refractivity contribution is 0.449. The summed E-state index contributed by atoms with van der Waals surface area (Å²) in [5, 5.41) is 2.65. The van der Waals surface area contributed by atoms with Gasteiger partial charge in [-0.05, 0) is 31.2 Å². The summed E-state index contributed by atoms with van der Waals surface area (Å²) in [6.45, 7) is 2.62. The number of aromatic nitrogens is 2. The van der Waals surface area contributed by atoms with E-state index in [1.54, 1.807) is 6.07 Å². The van der Waals surface area contributed by atoms with Crippen molar-refractivity contribution in [3.8, 4) is 0 Å². The van der Waals surface area contributed by atoms with Crippen LogP contribution in [0.15, 0.2) is 54.9 Å². The number of hydrogen-bond acceptors (Lipinski definition) is 4. The van der Waals surface area contributed by atoms with Gasteiger partial charge in [0.25, 0.3) is 0 Å². The molecule has 128 valence electrons. The lowest BCUT2D eigenvalue weighted by atomic mass is 10.2. The minimum atomic E-state index is -1.53. The summed E-state index contributed by atoms with van der Waals surface area (Å²) in [6, 6.07) is 13.2. The topological polar surface area (TPSA) is 41.0 Å². The zero-order chi connectivity index (χ0) is 17.8. The molecule has 1 heterocycles. The molecule has 1 N–H and O–H groups in total. The van der Waals surface area contributed by atoms with Gasteiger partial charge in [0, 0.05) is 18.3 Å². The van der Waals surface area contributed by atoms with Crippen LogP contribution in [0.25, 0.3) is 0 Å². The highest BCUT2D eigenvalue weighted by atomic mass is 19.2. The van der Waals surface area contributed by atoms with Crippen LogP contribution in [-0.4, -0.2) is 16.5 Å². The molecule has 0 fully saturated rings. The van der Waals surface area contributed by atoms with E-state index in [9.17, 15) is 13.2 Å². The largest absolute Gasteiger partial charge is 0.338 e. The fourth-order valence-electron chi connectivity index (χ4n) is 2.41. The van der Waals surface area contributed by atoms with Crippen molar-refractivity contribution < 1.29 is 13.2 Å². The number of hydrogen-bond donors (Lipinski definition) is 1. The van der Waals surface area contributed by atoms with Crippen molar-refractivity contribution >= 4 is 23.0 Å². The maximum Gasteiger partial charge on any atom is 0.196 e. The fraction of sp³-hybridized carbons (Fsp3) is 0.111. The van der Waals surface area contributed by atoms with E-state index in [4.69, 9.17) is 0 Å². The van der Waals surface area contributed by atoms with E-state index >= 15 is 0 Å². The Kier molecular flexibility index (Phi) is 4.83. The Hall–Kier alpha value is -3.09. The van der Waals surface area contributed by atoms with E-state index in [0.717, 1.165) is 17.8 Å². The van der Waals surface area contributed by atoms with Crippen LogP contribution < -0.4 is 10.2 Å². The molecule has 0 saturated heterocycles. The summed E-state index contributed by atoms with van der Waals surface area (Å²) in [5.41, 5.74) is 0.736. The molecule has 3 rings (SSSR count). The first-order valence-corrected chi connectivity index (χ1v) is 7.65. The number of para-hydroxylation sites is 1. The third kappa shape index (κ3) is 3.55. The molecular weight excluding hydrogens is 329 g/mol. The maximum atomic E-state index is 13.8. The second kappa shape index (κ2) is 7.21. The van der Waals surface area contributed by atoms with Crippen LogP contribution in [0.2, 0.25) is 0 Å². The molecule has 0 aliphatic rings. The van der Waals surface area contributed by atoms with E-state index in [2.05, 4.69) is 15.3 Å². The lowest BCUT2D eigenvalue weighted by Crippen LogP contribution is -2.17. The molecule has 0 aliphatic carbocycles. The average molecular weight is 344 g/mol. The first-order chi connectivity index (χ1) is 12.1. The Balaban J connectivity index is 1.90. The van der Waals surface area contributed by atoms with Gasteiger partial charge in [-0.25, -0.2) is 23.1 Å². The molecule has 1 aromatic heterocycles. The van der Waals surface area contributed by atoms with Gasteiger partial charge < -0.3 is 10.2 Å². The Morgan fingerprint density at radius 2 is 1.72 bits per heavy atom. The van der Waals surface area contributed by atoms with Gasteiger partial charge in [-0.1, -0.05) is 18.2 Å². The predicted octanol–water partition coefficient (Wildman–Crippen LogP) is 4.80.